The van der Waals surface area contributed by atoms with E-state index >= 15 is 0 Å². The molecule has 1 atom stereocenters. The van der Waals surface area contributed by atoms with Gasteiger partial charge in [0.1, 0.15) is 5.60 Å². The molecule has 0 spiro atoms. The van der Waals surface area contributed by atoms with Crippen LogP contribution in [0.4, 0.5) is 4.79 Å². The first-order valence-electron chi connectivity index (χ1n) is 15.6. The average Bonchev–Trinajstić information content (AvgIpc) is 3.00. The van der Waals surface area contributed by atoms with E-state index in [4.69, 9.17) is 18.6 Å². The Labute approximate surface area is 270 Å². The Bertz CT molecular complexity index is 1330. The third-order valence-corrected chi connectivity index (χ3v) is 12.3. The second-order valence-corrected chi connectivity index (χ2v) is 17.2. The number of carbonyl (C=O) groups excluding carboxylic acids is 2. The Morgan fingerprint density at radius 3 is 1.80 bits per heavy atom. The molecule has 1 unspecified atom stereocenters. The summed E-state index contributed by atoms with van der Waals surface area (Å²) in [6.07, 6.45) is 3.26. The number of benzene rings is 3. The van der Waals surface area contributed by atoms with Crippen molar-refractivity contribution < 1.29 is 28.2 Å². The van der Waals surface area contributed by atoms with Gasteiger partial charge in [0.15, 0.2) is 5.60 Å². The maximum Gasteiger partial charge on any atom is 0.407 e. The average molecular weight is 632 g/mol. The quantitative estimate of drug-likeness (QED) is 0.124. The van der Waals surface area contributed by atoms with Crippen LogP contribution in [0.1, 0.15) is 60.5 Å². The number of amides is 1. The lowest BCUT2D eigenvalue weighted by molar-refractivity contribution is -0.167. The van der Waals surface area contributed by atoms with Gasteiger partial charge < -0.3 is 24.0 Å². The maximum atomic E-state index is 13.7. The number of ether oxygens (including phenoxy) is 3. The topological polar surface area (TPSA) is 83.1 Å². The monoisotopic (exact) mass is 631 g/mol. The molecule has 8 heteroatoms. The number of carbonyl (C=O) groups is 2. The molecule has 0 radical (unpaired) electrons. The number of alkyl carbamates (subject to hydrolysis) is 1. The third-order valence-electron chi connectivity index (χ3n) is 7.30. The van der Waals surface area contributed by atoms with E-state index in [0.717, 1.165) is 15.9 Å². The van der Waals surface area contributed by atoms with Crippen LogP contribution in [-0.4, -0.2) is 57.9 Å². The first-order valence-corrected chi connectivity index (χ1v) is 17.5. The first kappa shape index (κ1) is 35.8. The van der Waals surface area contributed by atoms with E-state index in [9.17, 15) is 9.59 Å². The molecule has 1 N–H and O–H groups in total. The van der Waals surface area contributed by atoms with Gasteiger partial charge in [-0.05, 0) is 54.7 Å². The Morgan fingerprint density at radius 1 is 0.778 bits per heavy atom. The maximum absolute atomic E-state index is 13.7. The summed E-state index contributed by atoms with van der Waals surface area (Å²) in [5.41, 5.74) is -1.18. The molecule has 242 valence electrons. The second kappa shape index (κ2) is 16.0. The Kier molecular flexibility index (Phi) is 12.7. The zero-order valence-electron chi connectivity index (χ0n) is 27.8. The fourth-order valence-corrected chi connectivity index (χ4v) is 9.86. The largest absolute Gasteiger partial charge is 0.464 e. The van der Waals surface area contributed by atoms with E-state index in [-0.39, 0.29) is 37.8 Å². The smallest absolute Gasteiger partial charge is 0.407 e. The van der Waals surface area contributed by atoms with Crippen molar-refractivity contribution in [3.05, 3.63) is 103 Å². The van der Waals surface area contributed by atoms with Crippen molar-refractivity contribution in [3.8, 4) is 0 Å². The van der Waals surface area contributed by atoms with Gasteiger partial charge in [-0.25, -0.2) is 9.59 Å². The van der Waals surface area contributed by atoms with Crippen LogP contribution < -0.4 is 15.7 Å². The number of hydrogen-bond donors (Lipinski definition) is 1. The number of hydrogen-bond acceptors (Lipinski definition) is 6. The van der Waals surface area contributed by atoms with E-state index in [0.29, 0.717) is 0 Å². The summed E-state index contributed by atoms with van der Waals surface area (Å²) in [6.45, 7) is 14.4. The molecule has 0 bridgehead atoms. The van der Waals surface area contributed by atoms with Gasteiger partial charge in [-0.2, -0.15) is 0 Å². The lowest BCUT2D eigenvalue weighted by Crippen LogP contribution is -2.66. The lowest BCUT2D eigenvalue weighted by atomic mass is 9.98. The van der Waals surface area contributed by atoms with Crippen molar-refractivity contribution in [2.24, 2.45) is 0 Å². The fourth-order valence-electron chi connectivity index (χ4n) is 5.30. The van der Waals surface area contributed by atoms with Crippen LogP contribution in [-0.2, 0) is 23.4 Å². The SMILES string of the molecule is CCOC(=O)C(/C=C/c1ccccc1)(CCO[Si](c1ccccc1)(c1ccccc1)C(C)(C)C)OCCNC(=O)OC(C)(C)C. The molecule has 0 aliphatic heterocycles. The number of esters is 1. The summed E-state index contributed by atoms with van der Waals surface area (Å²) in [7, 11) is -2.87. The van der Waals surface area contributed by atoms with E-state index in [1.54, 1.807) is 33.8 Å². The van der Waals surface area contributed by atoms with Crippen LogP contribution in [0, 0.1) is 0 Å². The molecule has 7 nitrogen and oxygen atoms in total. The Morgan fingerprint density at radius 2 is 1.31 bits per heavy atom. The summed E-state index contributed by atoms with van der Waals surface area (Å²) < 4.78 is 24.4. The highest BCUT2D eigenvalue weighted by molar-refractivity contribution is 6.99. The van der Waals surface area contributed by atoms with Crippen LogP contribution in [0.15, 0.2) is 97.1 Å². The zero-order valence-corrected chi connectivity index (χ0v) is 28.8. The van der Waals surface area contributed by atoms with Crippen LogP contribution in [0.3, 0.4) is 0 Å². The fraction of sp³-hybridized carbons (Fsp3) is 0.405. The van der Waals surface area contributed by atoms with Gasteiger partial charge in [0.25, 0.3) is 8.32 Å². The third kappa shape index (κ3) is 9.88. The zero-order chi connectivity index (χ0) is 33.0. The molecule has 45 heavy (non-hydrogen) atoms. The van der Waals surface area contributed by atoms with Gasteiger partial charge >= 0.3 is 12.1 Å². The molecule has 3 rings (SSSR count). The molecule has 0 heterocycles. The van der Waals surface area contributed by atoms with Crippen molar-refractivity contribution in [3.63, 3.8) is 0 Å². The highest BCUT2D eigenvalue weighted by Crippen LogP contribution is 2.37. The van der Waals surface area contributed by atoms with Gasteiger partial charge in [-0.3, -0.25) is 0 Å². The summed E-state index contributed by atoms with van der Waals surface area (Å²) in [6, 6.07) is 30.4. The molecular formula is C37H49NO6Si. The molecule has 0 saturated heterocycles. The van der Waals surface area contributed by atoms with Crippen molar-refractivity contribution in [1.29, 1.82) is 0 Å². The minimum Gasteiger partial charge on any atom is -0.464 e. The highest BCUT2D eigenvalue weighted by Gasteiger charge is 2.51. The van der Waals surface area contributed by atoms with Gasteiger partial charge in [0.2, 0.25) is 0 Å². The molecule has 0 fully saturated rings. The van der Waals surface area contributed by atoms with Crippen molar-refractivity contribution >= 4 is 36.8 Å². The van der Waals surface area contributed by atoms with Gasteiger partial charge in [0.05, 0.1) is 13.2 Å². The van der Waals surface area contributed by atoms with E-state index in [2.05, 4.69) is 50.4 Å². The standard InChI is InChI=1S/C37H49NO6Si/c1-8-41-33(39)37(25-24-30-18-12-9-13-19-30,42-29-27-38-34(40)44-35(2,3)4)26-28-43-45(36(5,6)7,31-20-14-10-15-21-31)32-22-16-11-17-23-32/h9-25H,8,26-29H2,1-7H3,(H,38,40)/b25-24+. The van der Waals surface area contributed by atoms with Gasteiger partial charge in [-0.1, -0.05) is 118 Å². The lowest BCUT2D eigenvalue weighted by Gasteiger charge is -2.43. The normalized spacial score (nSPS) is 13.7. The summed E-state index contributed by atoms with van der Waals surface area (Å²) >= 11 is 0. The van der Waals surface area contributed by atoms with Crippen molar-refractivity contribution in [2.75, 3.05) is 26.4 Å². The van der Waals surface area contributed by atoms with E-state index in [1.807, 2.05) is 72.8 Å². The number of nitrogens with one attached hydrogen (secondary N) is 1. The summed E-state index contributed by atoms with van der Waals surface area (Å²) in [4.78, 5) is 26.0. The Balaban J connectivity index is 1.97. The Hall–Kier alpha value is -3.72. The van der Waals surface area contributed by atoms with E-state index < -0.39 is 31.6 Å². The van der Waals surface area contributed by atoms with Crippen LogP contribution >= 0.6 is 0 Å². The molecule has 0 aromatic heterocycles. The predicted octanol–water partition coefficient (Wildman–Crippen LogP) is 6.51. The minimum atomic E-state index is -2.87. The van der Waals surface area contributed by atoms with Gasteiger partial charge in [-0.15, -0.1) is 0 Å². The summed E-state index contributed by atoms with van der Waals surface area (Å²) in [5, 5.41) is 4.77. The van der Waals surface area contributed by atoms with Crippen LogP contribution in [0.25, 0.3) is 6.08 Å². The molecule has 0 aliphatic rings. The van der Waals surface area contributed by atoms with E-state index in [1.165, 1.54) is 0 Å². The van der Waals surface area contributed by atoms with Crippen molar-refractivity contribution in [2.45, 2.75) is 71.1 Å². The minimum absolute atomic E-state index is 0.0520. The van der Waals surface area contributed by atoms with Crippen LogP contribution in [0.2, 0.25) is 5.04 Å². The van der Waals surface area contributed by atoms with Crippen LogP contribution in [0.5, 0.6) is 0 Å². The molecule has 0 aliphatic carbocycles. The first-order chi connectivity index (χ1) is 21.3. The highest BCUT2D eigenvalue weighted by atomic mass is 28.4. The molecule has 3 aromatic rings. The van der Waals surface area contributed by atoms with Crippen molar-refractivity contribution in [1.82, 2.24) is 5.32 Å². The molecular weight excluding hydrogens is 582 g/mol. The predicted molar refractivity (Wildman–Crippen MR) is 183 cm³/mol. The second-order valence-electron chi connectivity index (χ2n) is 12.9. The number of rotatable bonds is 14. The molecule has 3 aromatic carbocycles. The molecule has 0 saturated carbocycles. The summed E-state index contributed by atoms with van der Waals surface area (Å²) in [5.74, 6) is -0.513. The van der Waals surface area contributed by atoms with Gasteiger partial charge in [0, 0.05) is 19.6 Å². The molecule has 1 amide bonds.